The van der Waals surface area contributed by atoms with Crippen molar-refractivity contribution < 1.29 is 5.11 Å². The van der Waals surface area contributed by atoms with Crippen molar-refractivity contribution in [3.63, 3.8) is 0 Å². The smallest absolute Gasteiger partial charge is 0.207 e. The third kappa shape index (κ3) is 3.13. The molecule has 1 saturated carbocycles. The zero-order valence-corrected chi connectivity index (χ0v) is 10.7. The molecule has 90 valence electrons. The lowest BCUT2D eigenvalue weighted by atomic mass is 10.2. The lowest BCUT2D eigenvalue weighted by Crippen LogP contribution is -2.35. The van der Waals surface area contributed by atoms with E-state index in [1.165, 1.54) is 37.0 Å². The number of aliphatic hydroxyl groups excluding tert-OH is 1. The Labute approximate surface area is 104 Å². The van der Waals surface area contributed by atoms with Crippen LogP contribution in [-0.2, 0) is 6.54 Å². The van der Waals surface area contributed by atoms with Gasteiger partial charge < -0.3 is 5.11 Å². The van der Waals surface area contributed by atoms with E-state index in [1.807, 2.05) is 0 Å². The number of hydrogen-bond acceptors (Lipinski definition) is 5. The summed E-state index contributed by atoms with van der Waals surface area (Å²) in [6.45, 7) is 1.67. The molecule has 1 fully saturated rings. The molecule has 1 aliphatic rings. The Bertz CT molecular complexity index is 328. The average molecular weight is 262 g/mol. The van der Waals surface area contributed by atoms with Gasteiger partial charge in [-0.25, -0.2) is 0 Å². The van der Waals surface area contributed by atoms with Gasteiger partial charge in [0.25, 0.3) is 0 Å². The summed E-state index contributed by atoms with van der Waals surface area (Å²) in [5.74, 6) is 0. The standard InChI is InChI=1S/C10H16ClN3OS/c11-10-13-12-9(16-10)7-14(5-6-15)8-3-1-2-4-8/h8,15H,1-7H2. The van der Waals surface area contributed by atoms with Crippen molar-refractivity contribution in [2.45, 2.75) is 38.3 Å². The fraction of sp³-hybridized carbons (Fsp3) is 0.800. The quantitative estimate of drug-likeness (QED) is 0.880. The maximum absolute atomic E-state index is 9.08. The molecule has 16 heavy (non-hydrogen) atoms. The number of aromatic nitrogens is 2. The Morgan fingerprint density at radius 3 is 2.69 bits per heavy atom. The minimum atomic E-state index is 0.197. The van der Waals surface area contributed by atoms with Crippen LogP contribution in [0.3, 0.4) is 0 Å². The van der Waals surface area contributed by atoms with Gasteiger partial charge in [0.2, 0.25) is 4.47 Å². The van der Waals surface area contributed by atoms with Crippen LogP contribution >= 0.6 is 22.9 Å². The molecule has 2 rings (SSSR count). The zero-order valence-electron chi connectivity index (χ0n) is 9.10. The van der Waals surface area contributed by atoms with E-state index in [2.05, 4.69) is 15.1 Å². The first kappa shape index (κ1) is 12.2. The van der Waals surface area contributed by atoms with Crippen LogP contribution in [0, 0.1) is 0 Å². The minimum Gasteiger partial charge on any atom is -0.395 e. The van der Waals surface area contributed by atoms with Gasteiger partial charge in [0, 0.05) is 12.6 Å². The molecule has 1 N–H and O–H groups in total. The van der Waals surface area contributed by atoms with Crippen LogP contribution < -0.4 is 0 Å². The van der Waals surface area contributed by atoms with Crippen LogP contribution in [0.2, 0.25) is 4.47 Å². The van der Waals surface area contributed by atoms with Crippen molar-refractivity contribution in [3.05, 3.63) is 9.47 Å². The van der Waals surface area contributed by atoms with Crippen molar-refractivity contribution in [2.75, 3.05) is 13.2 Å². The molecular weight excluding hydrogens is 246 g/mol. The Balaban J connectivity index is 1.96. The van der Waals surface area contributed by atoms with Crippen LogP contribution in [0.15, 0.2) is 0 Å². The number of aliphatic hydroxyl groups is 1. The first-order chi connectivity index (χ1) is 7.79. The summed E-state index contributed by atoms with van der Waals surface area (Å²) in [7, 11) is 0. The van der Waals surface area contributed by atoms with Crippen LogP contribution in [0.25, 0.3) is 0 Å². The topological polar surface area (TPSA) is 49.2 Å². The summed E-state index contributed by atoms with van der Waals surface area (Å²) in [5, 5.41) is 17.8. The van der Waals surface area contributed by atoms with Crippen LogP contribution in [0.1, 0.15) is 30.7 Å². The van der Waals surface area contributed by atoms with Crippen molar-refractivity contribution in [3.8, 4) is 0 Å². The molecule has 0 bridgehead atoms. The van der Waals surface area contributed by atoms with Gasteiger partial charge in [0.05, 0.1) is 13.2 Å². The van der Waals surface area contributed by atoms with E-state index < -0.39 is 0 Å². The largest absolute Gasteiger partial charge is 0.395 e. The summed E-state index contributed by atoms with van der Waals surface area (Å²) >= 11 is 7.18. The third-order valence-corrected chi connectivity index (χ3v) is 4.01. The maximum Gasteiger partial charge on any atom is 0.207 e. The summed E-state index contributed by atoms with van der Waals surface area (Å²) in [4.78, 5) is 2.30. The molecule has 0 unspecified atom stereocenters. The monoisotopic (exact) mass is 261 g/mol. The van der Waals surface area contributed by atoms with Crippen molar-refractivity contribution in [2.24, 2.45) is 0 Å². The molecule has 1 aliphatic carbocycles. The van der Waals surface area contributed by atoms with Crippen LogP contribution in [0.5, 0.6) is 0 Å². The highest BCUT2D eigenvalue weighted by atomic mass is 35.5. The summed E-state index contributed by atoms with van der Waals surface area (Å²) in [5.41, 5.74) is 0. The van der Waals surface area contributed by atoms with Crippen LogP contribution in [-0.4, -0.2) is 39.4 Å². The van der Waals surface area contributed by atoms with Gasteiger partial charge >= 0.3 is 0 Å². The number of hydrogen-bond donors (Lipinski definition) is 1. The Hall–Kier alpha value is -0.230. The number of rotatable bonds is 5. The number of halogens is 1. The number of nitrogens with zero attached hydrogens (tertiary/aromatic N) is 3. The van der Waals surface area contributed by atoms with Crippen LogP contribution in [0.4, 0.5) is 0 Å². The Morgan fingerprint density at radius 1 is 1.38 bits per heavy atom. The van der Waals surface area contributed by atoms with E-state index in [-0.39, 0.29) is 6.61 Å². The lowest BCUT2D eigenvalue weighted by molar-refractivity contribution is 0.144. The van der Waals surface area contributed by atoms with Gasteiger partial charge in [0.1, 0.15) is 5.01 Å². The Kier molecular flexibility index (Phi) is 4.52. The molecule has 0 saturated heterocycles. The van der Waals surface area contributed by atoms with E-state index in [0.717, 1.165) is 11.6 Å². The zero-order chi connectivity index (χ0) is 11.4. The minimum absolute atomic E-state index is 0.197. The normalized spacial score (nSPS) is 17.4. The Morgan fingerprint density at radius 2 is 2.12 bits per heavy atom. The molecule has 1 aromatic heterocycles. The highest BCUT2D eigenvalue weighted by molar-refractivity contribution is 7.15. The summed E-state index contributed by atoms with van der Waals surface area (Å²) in [6.07, 6.45) is 5.05. The second-order valence-electron chi connectivity index (χ2n) is 4.08. The van der Waals surface area contributed by atoms with Gasteiger partial charge in [-0.3, -0.25) is 4.90 Å². The molecular formula is C10H16ClN3OS. The van der Waals surface area contributed by atoms with Gasteiger partial charge in [-0.2, -0.15) is 0 Å². The van der Waals surface area contributed by atoms with Gasteiger partial charge in [0.15, 0.2) is 0 Å². The molecule has 4 nitrogen and oxygen atoms in total. The average Bonchev–Trinajstić information content (AvgIpc) is 2.88. The van der Waals surface area contributed by atoms with Gasteiger partial charge in [-0.05, 0) is 24.4 Å². The fourth-order valence-electron chi connectivity index (χ4n) is 2.26. The molecule has 0 amide bonds. The van der Waals surface area contributed by atoms with E-state index in [0.29, 0.717) is 17.1 Å². The van der Waals surface area contributed by atoms with E-state index in [4.69, 9.17) is 16.7 Å². The summed E-state index contributed by atoms with van der Waals surface area (Å²) in [6, 6.07) is 0.592. The highest BCUT2D eigenvalue weighted by Gasteiger charge is 2.23. The van der Waals surface area contributed by atoms with Gasteiger partial charge in [-0.15, -0.1) is 10.2 Å². The predicted octanol–water partition coefficient (Wildman–Crippen LogP) is 1.93. The van der Waals surface area contributed by atoms with Crippen molar-refractivity contribution in [1.29, 1.82) is 0 Å². The second-order valence-corrected chi connectivity index (χ2v) is 5.73. The van der Waals surface area contributed by atoms with Crippen molar-refractivity contribution in [1.82, 2.24) is 15.1 Å². The first-order valence-corrected chi connectivity index (χ1v) is 6.82. The molecule has 0 aromatic carbocycles. The van der Waals surface area contributed by atoms with Gasteiger partial charge in [-0.1, -0.05) is 24.2 Å². The summed E-state index contributed by atoms with van der Waals surface area (Å²) < 4.78 is 0.491. The molecule has 1 heterocycles. The van der Waals surface area contributed by atoms with Crippen molar-refractivity contribution >= 4 is 22.9 Å². The highest BCUT2D eigenvalue weighted by Crippen LogP contribution is 2.25. The molecule has 0 radical (unpaired) electrons. The third-order valence-electron chi connectivity index (χ3n) is 3.01. The van der Waals surface area contributed by atoms with E-state index in [1.54, 1.807) is 0 Å². The first-order valence-electron chi connectivity index (χ1n) is 5.62. The van der Waals surface area contributed by atoms with E-state index in [9.17, 15) is 0 Å². The molecule has 6 heteroatoms. The molecule has 0 spiro atoms. The SMILES string of the molecule is OCCN(Cc1nnc(Cl)s1)C1CCCC1. The second kappa shape index (κ2) is 5.91. The van der Waals surface area contributed by atoms with E-state index >= 15 is 0 Å². The predicted molar refractivity (Wildman–Crippen MR) is 64.7 cm³/mol. The molecule has 1 aromatic rings. The molecule has 0 aliphatic heterocycles. The maximum atomic E-state index is 9.08. The fourth-order valence-corrected chi connectivity index (χ4v) is 3.15. The lowest BCUT2D eigenvalue weighted by Gasteiger charge is -2.26. The molecule has 0 atom stereocenters.